The first-order valence-corrected chi connectivity index (χ1v) is 13.2. The average Bonchev–Trinajstić information content (AvgIpc) is 3.80. The molecule has 184 valence electrons. The molecule has 0 saturated heterocycles. The zero-order chi connectivity index (χ0) is 25.7. The molecule has 0 spiro atoms. The van der Waals surface area contributed by atoms with Crippen LogP contribution in [0.25, 0.3) is 21.5 Å². The quantitative estimate of drug-likeness (QED) is 0.201. The first kappa shape index (κ1) is 22.8. The van der Waals surface area contributed by atoms with Gasteiger partial charge in [-0.2, -0.15) is 0 Å². The maximum Gasteiger partial charge on any atom is 0.323 e. The SMILES string of the molecule is O=C1N[C@](C#Cc2ccncc2)(C2CC2)c2cc(Cl)ccc2N1Cc1c2ccccc2cc2ccccc12. The summed E-state index contributed by atoms with van der Waals surface area (Å²) in [5.74, 6) is 7.01. The summed E-state index contributed by atoms with van der Waals surface area (Å²) < 4.78 is 0. The van der Waals surface area contributed by atoms with Crippen molar-refractivity contribution in [2.45, 2.75) is 24.9 Å². The third-order valence-electron chi connectivity index (χ3n) is 7.70. The number of pyridine rings is 1. The fourth-order valence-electron chi connectivity index (χ4n) is 5.71. The number of halogens is 1. The van der Waals surface area contributed by atoms with Gasteiger partial charge < -0.3 is 5.32 Å². The Labute approximate surface area is 226 Å². The van der Waals surface area contributed by atoms with Gasteiger partial charge >= 0.3 is 6.03 Å². The monoisotopic (exact) mass is 513 g/mol. The Morgan fingerprint density at radius 2 is 1.61 bits per heavy atom. The van der Waals surface area contributed by atoms with E-state index in [1.54, 1.807) is 12.4 Å². The van der Waals surface area contributed by atoms with Crippen LogP contribution in [0, 0.1) is 17.8 Å². The van der Waals surface area contributed by atoms with Crippen LogP contribution in [0.4, 0.5) is 10.5 Å². The predicted molar refractivity (Wildman–Crippen MR) is 153 cm³/mol. The number of aromatic nitrogens is 1. The van der Waals surface area contributed by atoms with Gasteiger partial charge in [-0.3, -0.25) is 9.88 Å². The third kappa shape index (κ3) is 3.79. The highest BCUT2D eigenvalue weighted by Crippen LogP contribution is 2.51. The lowest BCUT2D eigenvalue weighted by Gasteiger charge is -2.41. The number of rotatable bonds is 3. The van der Waals surface area contributed by atoms with E-state index in [1.807, 2.05) is 35.2 Å². The number of carbonyl (C=O) groups excluding carboxylic acids is 1. The Hall–Kier alpha value is -4.33. The van der Waals surface area contributed by atoms with E-state index in [2.05, 4.69) is 76.7 Å². The van der Waals surface area contributed by atoms with Crippen LogP contribution in [-0.4, -0.2) is 11.0 Å². The lowest BCUT2D eigenvalue weighted by Crippen LogP contribution is -2.57. The van der Waals surface area contributed by atoms with Crippen LogP contribution in [0.1, 0.15) is 29.5 Å². The number of nitrogens with zero attached hydrogens (tertiary/aromatic N) is 2. The molecule has 2 heterocycles. The van der Waals surface area contributed by atoms with E-state index in [0.29, 0.717) is 11.6 Å². The van der Waals surface area contributed by atoms with E-state index in [9.17, 15) is 4.79 Å². The number of fused-ring (bicyclic) bond motifs is 3. The number of urea groups is 1. The van der Waals surface area contributed by atoms with Crippen LogP contribution < -0.4 is 10.2 Å². The second-order valence-corrected chi connectivity index (χ2v) is 10.5. The number of amides is 2. The summed E-state index contributed by atoms with van der Waals surface area (Å²) in [4.78, 5) is 19.9. The van der Waals surface area contributed by atoms with Crippen molar-refractivity contribution in [1.29, 1.82) is 0 Å². The van der Waals surface area contributed by atoms with Crippen molar-refractivity contribution in [2.75, 3.05) is 4.90 Å². The fraction of sp³-hybridized carbons (Fsp3) is 0.152. The molecule has 7 rings (SSSR count). The first-order valence-electron chi connectivity index (χ1n) is 12.8. The van der Waals surface area contributed by atoms with E-state index in [4.69, 9.17) is 11.6 Å². The minimum absolute atomic E-state index is 0.146. The number of benzene rings is 4. The van der Waals surface area contributed by atoms with Crippen LogP contribution in [0.15, 0.2) is 97.3 Å². The maximum absolute atomic E-state index is 14.0. The molecule has 1 fully saturated rings. The van der Waals surface area contributed by atoms with Crippen LogP contribution in [0.3, 0.4) is 0 Å². The lowest BCUT2D eigenvalue weighted by molar-refractivity contribution is 0.231. The highest BCUT2D eigenvalue weighted by Gasteiger charge is 2.51. The summed E-state index contributed by atoms with van der Waals surface area (Å²) in [5.41, 5.74) is 3.00. The van der Waals surface area contributed by atoms with E-state index in [1.165, 1.54) is 0 Å². The molecule has 2 aliphatic rings. The molecule has 1 aliphatic heterocycles. The average molecular weight is 514 g/mol. The van der Waals surface area contributed by atoms with Crippen molar-refractivity contribution in [3.63, 3.8) is 0 Å². The standard InChI is InChI=1S/C33H24ClN3O/c34-26-11-12-31-30(20-26)33(25-9-10-25,16-13-22-14-17-35-18-15-22)36-32(38)37(31)21-29-27-7-3-1-5-23(27)19-24-6-2-4-8-28(24)29/h1-8,11-12,14-15,17-20,25H,9-10,21H2,(H,36,38)/t33-/m1/s1. The summed E-state index contributed by atoms with van der Waals surface area (Å²) in [6.45, 7) is 0.431. The zero-order valence-electron chi connectivity index (χ0n) is 20.6. The Balaban J connectivity index is 1.40. The molecule has 4 nitrogen and oxygen atoms in total. The van der Waals surface area contributed by atoms with Crippen LogP contribution in [0.5, 0.6) is 0 Å². The number of carbonyl (C=O) groups is 1. The van der Waals surface area contributed by atoms with Crippen LogP contribution >= 0.6 is 11.6 Å². The van der Waals surface area contributed by atoms with E-state index >= 15 is 0 Å². The van der Waals surface area contributed by atoms with Gasteiger partial charge in [-0.15, -0.1) is 0 Å². The van der Waals surface area contributed by atoms with Crippen LogP contribution in [-0.2, 0) is 12.1 Å². The minimum atomic E-state index is -0.794. The summed E-state index contributed by atoms with van der Waals surface area (Å²) in [5, 5.41) is 8.59. The molecule has 38 heavy (non-hydrogen) atoms. The summed E-state index contributed by atoms with van der Waals surface area (Å²) in [7, 11) is 0. The Bertz CT molecular complexity index is 1730. The lowest BCUT2D eigenvalue weighted by atomic mass is 9.82. The molecule has 1 aromatic heterocycles. The predicted octanol–water partition coefficient (Wildman–Crippen LogP) is 7.43. The van der Waals surface area contributed by atoms with Crippen molar-refractivity contribution in [3.05, 3.63) is 119 Å². The van der Waals surface area contributed by atoms with Crippen molar-refractivity contribution in [1.82, 2.24) is 10.3 Å². The largest absolute Gasteiger partial charge is 0.323 e. The Morgan fingerprint density at radius 3 is 2.29 bits per heavy atom. The van der Waals surface area contributed by atoms with Crippen molar-refractivity contribution in [2.24, 2.45) is 5.92 Å². The molecule has 5 heteroatoms. The minimum Gasteiger partial charge on any atom is -0.317 e. The molecule has 5 aromatic rings. The second kappa shape index (κ2) is 8.90. The highest BCUT2D eigenvalue weighted by atomic mass is 35.5. The summed E-state index contributed by atoms with van der Waals surface area (Å²) in [6, 6.07) is 28.4. The molecular weight excluding hydrogens is 490 g/mol. The Morgan fingerprint density at radius 1 is 0.921 bits per heavy atom. The van der Waals surface area contributed by atoms with Gasteiger partial charge in [-0.1, -0.05) is 72.0 Å². The van der Waals surface area contributed by atoms with Gasteiger partial charge in [0.15, 0.2) is 0 Å². The molecule has 1 N–H and O–H groups in total. The van der Waals surface area contributed by atoms with Gasteiger partial charge in [0, 0.05) is 28.5 Å². The molecule has 1 aliphatic carbocycles. The van der Waals surface area contributed by atoms with Gasteiger partial charge in [-0.05, 0) is 82.3 Å². The van der Waals surface area contributed by atoms with Crippen molar-refractivity contribution < 1.29 is 4.79 Å². The van der Waals surface area contributed by atoms with Gasteiger partial charge in [0.25, 0.3) is 0 Å². The smallest absolute Gasteiger partial charge is 0.317 e. The molecule has 0 radical (unpaired) electrons. The van der Waals surface area contributed by atoms with Crippen molar-refractivity contribution >= 4 is 44.9 Å². The van der Waals surface area contributed by atoms with Crippen LogP contribution in [0.2, 0.25) is 5.02 Å². The molecule has 1 atom stereocenters. The fourth-order valence-corrected chi connectivity index (χ4v) is 5.88. The summed E-state index contributed by atoms with van der Waals surface area (Å²) in [6.07, 6.45) is 5.47. The molecule has 0 unspecified atom stereocenters. The molecule has 4 aromatic carbocycles. The second-order valence-electron chi connectivity index (χ2n) is 10.0. The number of hydrogen-bond donors (Lipinski definition) is 1. The number of hydrogen-bond acceptors (Lipinski definition) is 2. The molecular formula is C33H24ClN3O. The molecule has 0 bridgehead atoms. The van der Waals surface area contributed by atoms with E-state index in [-0.39, 0.29) is 11.9 Å². The van der Waals surface area contributed by atoms with E-state index in [0.717, 1.165) is 56.8 Å². The first-order chi connectivity index (χ1) is 18.6. The molecule has 1 saturated carbocycles. The number of nitrogens with one attached hydrogen (secondary N) is 1. The van der Waals surface area contributed by atoms with Gasteiger partial charge in [-0.25, -0.2) is 4.79 Å². The van der Waals surface area contributed by atoms with E-state index < -0.39 is 5.54 Å². The van der Waals surface area contributed by atoms with Gasteiger partial charge in [0.05, 0.1) is 12.2 Å². The normalized spacial score (nSPS) is 18.6. The van der Waals surface area contributed by atoms with Gasteiger partial charge in [0.1, 0.15) is 5.54 Å². The highest BCUT2D eigenvalue weighted by molar-refractivity contribution is 6.30. The Kier molecular flexibility index (Phi) is 5.35. The maximum atomic E-state index is 14.0. The zero-order valence-corrected chi connectivity index (χ0v) is 21.4. The topological polar surface area (TPSA) is 45.2 Å². The summed E-state index contributed by atoms with van der Waals surface area (Å²) >= 11 is 6.56. The number of anilines is 1. The third-order valence-corrected chi connectivity index (χ3v) is 7.93. The van der Waals surface area contributed by atoms with Crippen molar-refractivity contribution in [3.8, 4) is 11.8 Å². The molecule has 2 amide bonds. The van der Waals surface area contributed by atoms with Gasteiger partial charge in [0.2, 0.25) is 0 Å².